The van der Waals surface area contributed by atoms with Crippen LogP contribution in [0.5, 0.6) is 0 Å². The lowest BCUT2D eigenvalue weighted by atomic mass is 9.12. The average molecular weight is 1130 g/mol. The molecule has 0 aliphatic rings. The topological polar surface area (TPSA) is 26.3 Å². The highest BCUT2D eigenvalue weighted by Gasteiger charge is 2.52. The van der Waals surface area contributed by atoms with Crippen molar-refractivity contribution in [3.05, 3.63) is 152 Å². The number of halogens is 20. The Bertz CT molecular complexity index is 2450. The Hall–Kier alpha value is -5.42. The Kier molecular flexibility index (Phi) is 23.5. The maximum atomic E-state index is 15.4. The molecule has 76 heavy (non-hydrogen) atoms. The molecule has 0 fully saturated rings. The van der Waals surface area contributed by atoms with Gasteiger partial charge in [-0.1, -0.05) is 115 Å². The van der Waals surface area contributed by atoms with Crippen LogP contribution in [0.1, 0.15) is 126 Å². The van der Waals surface area contributed by atoms with Gasteiger partial charge in [0.1, 0.15) is 58.4 Å². The molecule has 0 saturated heterocycles. The minimum Gasteiger partial charge on any atom is -0.462 e. The number of hydrogen-bond donors (Lipinski definition) is 0. The van der Waals surface area contributed by atoms with Gasteiger partial charge >= 0.3 is 5.97 Å². The van der Waals surface area contributed by atoms with Crippen LogP contribution in [-0.4, -0.2) is 31.2 Å². The van der Waals surface area contributed by atoms with Crippen LogP contribution < -0.4 is 21.9 Å². The number of rotatable bonds is 24. The molecule has 0 spiro atoms. The van der Waals surface area contributed by atoms with E-state index in [1.807, 2.05) is 12.1 Å². The lowest BCUT2D eigenvalue weighted by Crippen LogP contribution is -2.81. The number of esters is 1. The maximum absolute atomic E-state index is 15.4. The molecule has 0 atom stereocenters. The predicted octanol–water partition coefficient (Wildman–Crippen LogP) is 14.3. The molecule has 5 aromatic carbocycles. The number of carbonyl (C=O) groups excluding carboxylic acids is 1. The first-order valence-electron chi connectivity index (χ1n) is 23.9. The van der Waals surface area contributed by atoms with Gasteiger partial charge in [-0.25, -0.2) is 92.6 Å². The molecule has 0 unspecified atom stereocenters. The minimum absolute atomic E-state index is 0.181. The van der Waals surface area contributed by atoms with Crippen molar-refractivity contribution < 1.29 is 97.3 Å². The second-order valence-corrected chi connectivity index (χ2v) is 20.3. The van der Waals surface area contributed by atoms with Gasteiger partial charge in [0.2, 0.25) is 0 Å². The molecule has 2 nitrogen and oxygen atoms in total. The summed E-state index contributed by atoms with van der Waals surface area (Å²) in [4.78, 5) is 12.1. The summed E-state index contributed by atoms with van der Waals surface area (Å²) >= 11 is 0. The van der Waals surface area contributed by atoms with E-state index in [1.54, 1.807) is 0 Å². The van der Waals surface area contributed by atoms with E-state index in [2.05, 4.69) is 31.6 Å². The summed E-state index contributed by atoms with van der Waals surface area (Å²) in [5, 5.41) is 0. The van der Waals surface area contributed by atoms with Crippen molar-refractivity contribution >= 4 is 44.9 Å². The first kappa shape index (κ1) is 63.1. The monoisotopic (exact) mass is 1130 g/mol. The Balaban J connectivity index is 0.000000353. The third-order valence-electron chi connectivity index (χ3n) is 12.6. The molecule has 418 valence electrons. The quantitative estimate of drug-likeness (QED) is 0.0117. The smallest absolute Gasteiger partial charge is 0.338 e. The SMILES string of the molecule is CCCCCCCCCCCCCCCCCCOC(=O)c1ccc(C[S+](C)C)cc1.Fc1c(F)c(F)c([B-](c2c(F)c(F)c(F)c(F)c2F)(c2c(F)c(F)c(F)c(F)c2F)c2c(F)c(F)c(F)c(F)c2F)c(F)c1F. The molecule has 0 saturated carbocycles. The number of benzene rings is 5. The van der Waals surface area contributed by atoms with E-state index in [4.69, 9.17) is 4.74 Å². The first-order chi connectivity index (χ1) is 35.8. The van der Waals surface area contributed by atoms with E-state index in [0.29, 0.717) is 23.1 Å². The highest BCUT2D eigenvalue weighted by atomic mass is 32.2. The number of hydrogen-bond acceptors (Lipinski definition) is 2. The lowest BCUT2D eigenvalue weighted by Gasteiger charge is -2.44. The zero-order chi connectivity index (χ0) is 56.9. The molecule has 0 aliphatic carbocycles. The van der Waals surface area contributed by atoms with Crippen molar-refractivity contribution in [2.45, 2.75) is 115 Å². The molecule has 5 aromatic rings. The fraction of sp³-hybridized carbons (Fsp3) is 0.404. The van der Waals surface area contributed by atoms with Crippen LogP contribution in [0.4, 0.5) is 87.8 Å². The van der Waals surface area contributed by atoms with Gasteiger partial charge in [-0.15, -0.1) is 21.9 Å². The summed E-state index contributed by atoms with van der Waals surface area (Å²) < 4.78 is 299. The summed E-state index contributed by atoms with van der Waals surface area (Å²) in [6, 6.07) is 7.91. The van der Waals surface area contributed by atoms with Gasteiger partial charge in [0.25, 0.3) is 0 Å². The van der Waals surface area contributed by atoms with Crippen LogP contribution in [0, 0.1) is 116 Å². The summed E-state index contributed by atoms with van der Waals surface area (Å²) in [5.41, 5.74) is -12.4. The normalized spacial score (nSPS) is 11.7. The second kappa shape index (κ2) is 28.3. The standard InChI is InChI=1S/C28H49O2S.C24BF20/c1-4-5-6-7-8-9-10-11-12-13-14-15-16-17-18-19-24-30-28(29)27-22-20-26(21-23-27)25-31(2)3;26-5-1(6(27)14(35)21(42)13(5)34)25(2-7(28)15(36)22(43)16(37)8(2)29,3-9(30)17(38)23(44)18(39)10(3)31)4-11(32)19(40)24(45)20(41)12(4)33/h20-23H,4-19,24-25H2,1-3H3;/q+1;-1. The van der Waals surface area contributed by atoms with Crippen LogP contribution in [0.15, 0.2) is 24.3 Å². The van der Waals surface area contributed by atoms with Crippen molar-refractivity contribution in [1.82, 2.24) is 0 Å². The highest BCUT2D eigenvalue weighted by Crippen LogP contribution is 2.31. The minimum atomic E-state index is -7.22. The van der Waals surface area contributed by atoms with E-state index in [0.717, 1.165) is 12.2 Å². The highest BCUT2D eigenvalue weighted by molar-refractivity contribution is 7.94. The average Bonchev–Trinajstić information content (AvgIpc) is 3.42. The number of ether oxygens (including phenoxy) is 1. The Labute approximate surface area is 427 Å². The molecule has 0 amide bonds. The molecule has 0 aliphatic heterocycles. The van der Waals surface area contributed by atoms with Crippen LogP contribution >= 0.6 is 0 Å². The molecule has 24 heteroatoms. The molecule has 0 N–H and O–H groups in total. The fourth-order valence-electron chi connectivity index (χ4n) is 8.84. The zero-order valence-electron chi connectivity index (χ0n) is 40.9. The molecule has 0 radical (unpaired) electrons. The van der Waals surface area contributed by atoms with E-state index in [-0.39, 0.29) is 5.97 Å². The van der Waals surface area contributed by atoms with Crippen LogP contribution in [0.3, 0.4) is 0 Å². The van der Waals surface area contributed by atoms with Crippen molar-refractivity contribution in [2.75, 3.05) is 19.1 Å². The van der Waals surface area contributed by atoms with Gasteiger partial charge in [-0.3, -0.25) is 0 Å². The second-order valence-electron chi connectivity index (χ2n) is 18.1. The number of unbranched alkanes of at least 4 members (excludes halogenated alkanes) is 15. The first-order valence-corrected chi connectivity index (χ1v) is 26.1. The van der Waals surface area contributed by atoms with Crippen LogP contribution in [-0.2, 0) is 21.4 Å². The van der Waals surface area contributed by atoms with E-state index >= 15 is 35.1 Å². The molecule has 0 heterocycles. The summed E-state index contributed by atoms with van der Waals surface area (Å²) in [7, 11) is 0.385. The van der Waals surface area contributed by atoms with Gasteiger partial charge in [-0.2, -0.15) is 0 Å². The molecular formula is C52H49BF20O2S. The van der Waals surface area contributed by atoms with Crippen molar-refractivity contribution in [3.63, 3.8) is 0 Å². The van der Waals surface area contributed by atoms with Gasteiger partial charge in [-0.05, 0) is 29.4 Å². The molecule has 0 bridgehead atoms. The Morgan fingerprint density at radius 1 is 0.355 bits per heavy atom. The van der Waals surface area contributed by atoms with Crippen molar-refractivity contribution in [1.29, 1.82) is 0 Å². The van der Waals surface area contributed by atoms with Crippen molar-refractivity contribution in [3.8, 4) is 0 Å². The van der Waals surface area contributed by atoms with E-state index in [1.165, 1.54) is 102 Å². The zero-order valence-corrected chi connectivity index (χ0v) is 41.7. The third kappa shape index (κ3) is 13.6. The third-order valence-corrected chi connectivity index (χ3v) is 13.5. The molecular weight excluding hydrogens is 1080 g/mol. The van der Waals surface area contributed by atoms with Crippen molar-refractivity contribution in [2.24, 2.45) is 0 Å². The Morgan fingerprint density at radius 2 is 0.579 bits per heavy atom. The van der Waals surface area contributed by atoms with Crippen LogP contribution in [0.2, 0.25) is 0 Å². The molecule has 0 aromatic heterocycles. The van der Waals surface area contributed by atoms with Gasteiger partial charge in [0.05, 0.1) is 24.7 Å². The summed E-state index contributed by atoms with van der Waals surface area (Å²) in [6.07, 6.45) is 19.0. The van der Waals surface area contributed by atoms with E-state index < -0.39 is 144 Å². The predicted molar refractivity (Wildman–Crippen MR) is 248 cm³/mol. The number of carbonyl (C=O) groups is 1. The van der Waals surface area contributed by atoms with Crippen LogP contribution in [0.25, 0.3) is 0 Å². The van der Waals surface area contributed by atoms with Gasteiger partial charge < -0.3 is 4.74 Å². The maximum Gasteiger partial charge on any atom is 0.338 e. The summed E-state index contributed by atoms with van der Waals surface area (Å²) in [5.74, 6) is -70.5. The van der Waals surface area contributed by atoms with Gasteiger partial charge in [0, 0.05) is 5.56 Å². The molecule has 5 rings (SSSR count). The fourth-order valence-corrected chi connectivity index (χ4v) is 9.70. The Morgan fingerprint density at radius 3 is 0.816 bits per heavy atom. The summed E-state index contributed by atoms with van der Waals surface area (Å²) in [6.45, 7) is 2.83. The largest absolute Gasteiger partial charge is 0.462 e. The van der Waals surface area contributed by atoms with Gasteiger partial charge in [0.15, 0.2) is 69.8 Å². The lowest BCUT2D eigenvalue weighted by molar-refractivity contribution is 0.0497. The van der Waals surface area contributed by atoms with E-state index in [9.17, 15) is 57.5 Å².